The highest BCUT2D eigenvalue weighted by Gasteiger charge is 2.81. The Morgan fingerprint density at radius 3 is 2.43 bits per heavy atom. The number of carbonyl (C=O) groups excluding carboxylic acids is 1. The fourth-order valence-corrected chi connectivity index (χ4v) is 11.6. The molecule has 1 saturated heterocycles. The van der Waals surface area contributed by atoms with Crippen molar-refractivity contribution in [3.05, 3.63) is 0 Å². The van der Waals surface area contributed by atoms with Crippen molar-refractivity contribution < 1.29 is 22.5 Å². The predicted octanol–water partition coefficient (Wildman–Crippen LogP) is 4.07. The molecular weight excluding hydrogens is 400 g/mol. The lowest BCUT2D eigenvalue weighted by molar-refractivity contribution is -0.185. The topological polar surface area (TPSA) is 80.7 Å². The summed E-state index contributed by atoms with van der Waals surface area (Å²) in [5.41, 5.74) is 0.155. The maximum Gasteiger partial charge on any atom is 0.306 e. The molecule has 5 nitrogen and oxygen atoms in total. The minimum Gasteiger partial charge on any atom is -0.458 e. The standard InChI is InChI=1S/C24H34O5S/c1-22-6-3-12(30(26,27)28)9-17(22)13-10-14(13)20-16(22)4-7-23(2)21(20)15-11-18(15)24(23)8-5-19(25)29-24/h12-18,20-21H,3-11H2,1-2H3,(H,26,27,28)/t12?,13-,14+,15?,16?,17?,18+,20?,21?,22-,23+,24?/m1/s1. The summed E-state index contributed by atoms with van der Waals surface area (Å²) in [6.07, 6.45) is 8.59. The van der Waals surface area contributed by atoms with Crippen molar-refractivity contribution in [2.24, 2.45) is 58.2 Å². The Morgan fingerprint density at radius 2 is 1.73 bits per heavy atom. The van der Waals surface area contributed by atoms with Crippen molar-refractivity contribution in [2.75, 3.05) is 0 Å². The van der Waals surface area contributed by atoms with Crippen molar-refractivity contribution in [1.29, 1.82) is 0 Å². The fourth-order valence-electron chi connectivity index (χ4n) is 10.8. The van der Waals surface area contributed by atoms with Gasteiger partial charge in [0.05, 0.1) is 5.25 Å². The average molecular weight is 435 g/mol. The van der Waals surface area contributed by atoms with Gasteiger partial charge in [0, 0.05) is 17.8 Å². The molecule has 6 saturated carbocycles. The van der Waals surface area contributed by atoms with Gasteiger partial charge in [-0.3, -0.25) is 9.35 Å². The molecule has 7 fully saturated rings. The summed E-state index contributed by atoms with van der Waals surface area (Å²) in [7, 11) is -3.93. The smallest absolute Gasteiger partial charge is 0.306 e. The Morgan fingerprint density at radius 1 is 0.933 bits per heavy atom. The van der Waals surface area contributed by atoms with Gasteiger partial charge in [0.1, 0.15) is 5.60 Å². The van der Waals surface area contributed by atoms with Crippen LogP contribution in [0.4, 0.5) is 0 Å². The summed E-state index contributed by atoms with van der Waals surface area (Å²) in [6.45, 7) is 4.91. The number of hydrogen-bond acceptors (Lipinski definition) is 4. The molecule has 1 heterocycles. The van der Waals surface area contributed by atoms with Crippen molar-refractivity contribution >= 4 is 16.1 Å². The van der Waals surface area contributed by atoms with Crippen LogP contribution in [-0.4, -0.2) is 29.8 Å². The lowest BCUT2D eigenvalue weighted by atomic mass is 9.43. The van der Waals surface area contributed by atoms with Gasteiger partial charge in [-0.05, 0) is 98.2 Å². The van der Waals surface area contributed by atoms with Gasteiger partial charge in [0.15, 0.2) is 0 Å². The molecule has 1 N–H and O–H groups in total. The van der Waals surface area contributed by atoms with Crippen LogP contribution in [0.5, 0.6) is 0 Å². The minimum atomic E-state index is -3.93. The highest BCUT2D eigenvalue weighted by atomic mass is 32.2. The van der Waals surface area contributed by atoms with E-state index in [2.05, 4.69) is 13.8 Å². The highest BCUT2D eigenvalue weighted by molar-refractivity contribution is 7.86. The Kier molecular flexibility index (Phi) is 3.34. The number of ether oxygens (including phenoxy) is 1. The Labute approximate surface area is 179 Å². The summed E-state index contributed by atoms with van der Waals surface area (Å²) in [4.78, 5) is 12.2. The van der Waals surface area contributed by atoms with E-state index in [0.717, 1.165) is 37.0 Å². The zero-order valence-electron chi connectivity index (χ0n) is 18.0. The third kappa shape index (κ3) is 2.01. The minimum absolute atomic E-state index is 0.0214. The van der Waals surface area contributed by atoms with Crippen LogP contribution in [0, 0.1) is 58.2 Å². The van der Waals surface area contributed by atoms with Crippen molar-refractivity contribution in [1.82, 2.24) is 0 Å². The number of fused-ring (bicyclic) bond motifs is 12. The van der Waals surface area contributed by atoms with Gasteiger partial charge in [-0.15, -0.1) is 0 Å². The number of carbonyl (C=O) groups is 1. The molecule has 7 unspecified atom stereocenters. The highest BCUT2D eigenvalue weighted by Crippen LogP contribution is 2.82. The Hall–Kier alpha value is -0.620. The predicted molar refractivity (Wildman–Crippen MR) is 110 cm³/mol. The first kappa shape index (κ1) is 18.9. The van der Waals surface area contributed by atoms with Gasteiger partial charge >= 0.3 is 5.97 Å². The molecule has 30 heavy (non-hydrogen) atoms. The lowest BCUT2D eigenvalue weighted by Crippen LogP contribution is -2.59. The first-order chi connectivity index (χ1) is 14.1. The van der Waals surface area contributed by atoms with Crippen LogP contribution in [0.2, 0.25) is 0 Å². The first-order valence-corrected chi connectivity index (χ1v) is 13.8. The largest absolute Gasteiger partial charge is 0.458 e. The third-order valence-corrected chi connectivity index (χ3v) is 13.3. The average Bonchev–Trinajstić information content (AvgIpc) is 3.57. The summed E-state index contributed by atoms with van der Waals surface area (Å²) in [5.74, 6) is 5.25. The van der Waals surface area contributed by atoms with E-state index in [1.807, 2.05) is 0 Å². The van der Waals surface area contributed by atoms with Crippen LogP contribution in [0.1, 0.15) is 71.6 Å². The van der Waals surface area contributed by atoms with E-state index in [0.29, 0.717) is 48.9 Å². The van der Waals surface area contributed by atoms with Crippen LogP contribution >= 0.6 is 0 Å². The molecule has 0 aromatic rings. The van der Waals surface area contributed by atoms with Crippen LogP contribution in [0.3, 0.4) is 0 Å². The lowest BCUT2D eigenvalue weighted by Gasteiger charge is -2.62. The van der Waals surface area contributed by atoms with E-state index >= 15 is 0 Å². The van der Waals surface area contributed by atoms with E-state index in [4.69, 9.17) is 4.74 Å². The van der Waals surface area contributed by atoms with E-state index < -0.39 is 15.4 Å². The molecule has 12 atom stereocenters. The Balaban J connectivity index is 1.25. The first-order valence-electron chi connectivity index (χ1n) is 12.3. The molecule has 7 aliphatic rings. The molecule has 6 heteroatoms. The molecule has 0 amide bonds. The second kappa shape index (κ2) is 5.30. The molecule has 0 aromatic carbocycles. The van der Waals surface area contributed by atoms with E-state index in [1.165, 1.54) is 19.3 Å². The van der Waals surface area contributed by atoms with Crippen molar-refractivity contribution in [2.45, 2.75) is 82.5 Å². The van der Waals surface area contributed by atoms with Gasteiger partial charge in [0.25, 0.3) is 10.1 Å². The van der Waals surface area contributed by atoms with Crippen LogP contribution in [0.25, 0.3) is 0 Å². The fraction of sp³-hybridized carbons (Fsp3) is 0.958. The molecule has 6 aliphatic carbocycles. The third-order valence-electron chi connectivity index (χ3n) is 12.0. The van der Waals surface area contributed by atoms with Crippen LogP contribution in [-0.2, 0) is 19.6 Å². The number of rotatable bonds is 1. The summed E-state index contributed by atoms with van der Waals surface area (Å²) in [6, 6.07) is 0. The van der Waals surface area contributed by atoms with Crippen LogP contribution in [0.15, 0.2) is 0 Å². The zero-order valence-corrected chi connectivity index (χ0v) is 18.9. The molecule has 0 aromatic heterocycles. The number of esters is 1. The Bertz CT molecular complexity index is 945. The summed E-state index contributed by atoms with van der Waals surface area (Å²) < 4.78 is 39.7. The normalized spacial score (nSPS) is 62.6. The molecule has 0 bridgehead atoms. The van der Waals surface area contributed by atoms with E-state index in [9.17, 15) is 17.8 Å². The second-order valence-electron chi connectivity index (χ2n) is 12.6. The monoisotopic (exact) mass is 434 g/mol. The second-order valence-corrected chi connectivity index (χ2v) is 14.3. The molecule has 7 rings (SSSR count). The van der Waals surface area contributed by atoms with Crippen LogP contribution < -0.4 is 0 Å². The van der Waals surface area contributed by atoms with E-state index in [1.54, 1.807) is 0 Å². The van der Waals surface area contributed by atoms with Gasteiger partial charge in [-0.2, -0.15) is 8.42 Å². The quantitative estimate of drug-likeness (QED) is 0.497. The number of hydrogen-bond donors (Lipinski definition) is 1. The SMILES string of the molecule is C[C@]12CCC(S(=O)(=O)O)CC1[C@@H]1C[C@@H]1C1C2CC[C@@]2(C)C1C1C[C@@H]1C21CCC(=O)O1. The molecule has 1 spiro atoms. The molecule has 166 valence electrons. The molecular formula is C24H34O5S. The van der Waals surface area contributed by atoms with E-state index in [-0.39, 0.29) is 22.4 Å². The van der Waals surface area contributed by atoms with Gasteiger partial charge in [0.2, 0.25) is 0 Å². The molecule has 1 aliphatic heterocycles. The van der Waals surface area contributed by atoms with Gasteiger partial charge < -0.3 is 4.74 Å². The maximum absolute atomic E-state index is 12.2. The summed E-state index contributed by atoms with van der Waals surface area (Å²) >= 11 is 0. The van der Waals surface area contributed by atoms with Gasteiger partial charge in [-0.1, -0.05) is 13.8 Å². The maximum atomic E-state index is 12.2. The zero-order chi connectivity index (χ0) is 20.8. The molecule has 0 radical (unpaired) electrons. The van der Waals surface area contributed by atoms with Crippen molar-refractivity contribution in [3.63, 3.8) is 0 Å². The van der Waals surface area contributed by atoms with Gasteiger partial charge in [-0.25, -0.2) is 0 Å². The summed E-state index contributed by atoms with van der Waals surface area (Å²) in [5, 5.41) is -0.553. The van der Waals surface area contributed by atoms with Crippen molar-refractivity contribution in [3.8, 4) is 0 Å².